The normalized spacial score (nSPS) is 18.7. The predicted octanol–water partition coefficient (Wildman–Crippen LogP) is 7.08. The van der Waals surface area contributed by atoms with Crippen molar-refractivity contribution in [3.05, 3.63) is 88.6 Å². The molecule has 2 fully saturated rings. The van der Waals surface area contributed by atoms with Crippen molar-refractivity contribution in [1.29, 1.82) is 5.26 Å². The van der Waals surface area contributed by atoms with Gasteiger partial charge in [0.15, 0.2) is 9.84 Å². The number of nitrogens with one attached hydrogen (secondary N) is 1. The second kappa shape index (κ2) is 16.8. The van der Waals surface area contributed by atoms with E-state index in [4.69, 9.17) is 24.7 Å². The molecule has 1 N–H and O–H groups in total. The minimum absolute atomic E-state index is 0.00642. The van der Waals surface area contributed by atoms with Gasteiger partial charge in [-0.2, -0.15) is 5.26 Å². The molecule has 4 aromatic rings. The first-order chi connectivity index (χ1) is 26.3. The highest BCUT2D eigenvalue weighted by molar-refractivity contribution is 7.93. The van der Waals surface area contributed by atoms with E-state index in [0.717, 1.165) is 61.3 Å². The quantitative estimate of drug-likeness (QED) is 0.127. The molecule has 0 aliphatic carbocycles. The topological polar surface area (TPSA) is 139 Å². The molecule has 6 rings (SSSR count). The average molecular weight is 773 g/mol. The van der Waals surface area contributed by atoms with Crippen molar-refractivity contribution in [2.45, 2.75) is 115 Å². The Morgan fingerprint density at radius 1 is 1.02 bits per heavy atom. The SMILES string of the molecule is CCC(C)(COC(C)(CC)CC)NC(=O)c1ccc2nc(CN3CCC(c4cccc(OCc5ccc(C#N)cc5F)n4)CC3)n(CC3CCS3(=O)=O)c2c1. The minimum Gasteiger partial charge on any atom is -0.473 e. The second-order valence-electron chi connectivity index (χ2n) is 15.6. The summed E-state index contributed by atoms with van der Waals surface area (Å²) in [5.74, 6) is 0.909. The zero-order chi connectivity index (χ0) is 39.4. The summed E-state index contributed by atoms with van der Waals surface area (Å²) in [6, 6.07) is 17.4. The van der Waals surface area contributed by atoms with Gasteiger partial charge in [0.25, 0.3) is 5.91 Å². The number of fused-ring (bicyclic) bond motifs is 1. The molecule has 2 aliphatic heterocycles. The number of halogens is 1. The number of piperidine rings is 1. The first-order valence-corrected chi connectivity index (χ1v) is 21.2. The van der Waals surface area contributed by atoms with Crippen LogP contribution in [0.2, 0.25) is 0 Å². The van der Waals surface area contributed by atoms with Gasteiger partial charge in [0.1, 0.15) is 18.2 Å². The molecule has 1 amide bonds. The number of nitriles is 1. The molecule has 4 heterocycles. The largest absolute Gasteiger partial charge is 0.473 e. The molecule has 2 aliphatic rings. The third-order valence-electron chi connectivity index (χ3n) is 11.8. The Bertz CT molecular complexity index is 2150. The molecule has 0 radical (unpaired) electrons. The number of ether oxygens (including phenoxy) is 2. The highest BCUT2D eigenvalue weighted by Gasteiger charge is 2.37. The molecule has 2 aromatic carbocycles. The Morgan fingerprint density at radius 2 is 1.78 bits per heavy atom. The molecule has 11 nitrogen and oxygen atoms in total. The molecule has 2 unspecified atom stereocenters. The van der Waals surface area contributed by atoms with E-state index in [1.54, 1.807) is 24.3 Å². The van der Waals surface area contributed by atoms with Crippen LogP contribution < -0.4 is 10.1 Å². The summed E-state index contributed by atoms with van der Waals surface area (Å²) in [4.78, 5) is 25.8. The fourth-order valence-electron chi connectivity index (χ4n) is 7.10. The van der Waals surface area contributed by atoms with Crippen molar-refractivity contribution in [3.8, 4) is 11.9 Å². The third-order valence-corrected chi connectivity index (χ3v) is 14.0. The van der Waals surface area contributed by atoms with Gasteiger partial charge in [0, 0.05) is 35.3 Å². The number of carbonyl (C=O) groups is 1. The van der Waals surface area contributed by atoms with Gasteiger partial charge in [0.2, 0.25) is 5.88 Å². The van der Waals surface area contributed by atoms with E-state index >= 15 is 0 Å². The summed E-state index contributed by atoms with van der Waals surface area (Å²) < 4.78 is 54.0. The van der Waals surface area contributed by atoms with Gasteiger partial charge in [-0.25, -0.2) is 22.8 Å². The Hall–Kier alpha value is -4.38. The fourth-order valence-corrected chi connectivity index (χ4v) is 8.43. The molecule has 294 valence electrons. The molecule has 2 atom stereocenters. The van der Waals surface area contributed by atoms with Crippen LogP contribution in [0.15, 0.2) is 54.6 Å². The van der Waals surface area contributed by atoms with Crippen LogP contribution in [-0.2, 0) is 34.3 Å². The summed E-state index contributed by atoms with van der Waals surface area (Å²) in [6.45, 7) is 13.2. The number of aromatic nitrogens is 3. The van der Waals surface area contributed by atoms with Crippen molar-refractivity contribution in [2.24, 2.45) is 0 Å². The van der Waals surface area contributed by atoms with E-state index in [1.165, 1.54) is 6.07 Å². The summed E-state index contributed by atoms with van der Waals surface area (Å²) in [5, 5.41) is 11.7. The minimum atomic E-state index is -3.16. The van der Waals surface area contributed by atoms with E-state index in [2.05, 4.69) is 31.0 Å². The zero-order valence-corrected chi connectivity index (χ0v) is 33.4. The molecule has 0 spiro atoms. The van der Waals surface area contributed by atoms with E-state index in [-0.39, 0.29) is 35.3 Å². The third kappa shape index (κ3) is 9.36. The van der Waals surface area contributed by atoms with Gasteiger partial charge in [-0.05, 0) is 102 Å². The Morgan fingerprint density at radius 3 is 2.42 bits per heavy atom. The van der Waals surface area contributed by atoms with Crippen LogP contribution in [0.3, 0.4) is 0 Å². The number of amides is 1. The molecule has 2 saturated heterocycles. The van der Waals surface area contributed by atoms with Crippen LogP contribution in [0.5, 0.6) is 5.88 Å². The van der Waals surface area contributed by atoms with Crippen molar-refractivity contribution in [1.82, 2.24) is 24.8 Å². The molecule has 55 heavy (non-hydrogen) atoms. The van der Waals surface area contributed by atoms with Gasteiger partial charge in [-0.3, -0.25) is 9.69 Å². The van der Waals surface area contributed by atoms with Crippen LogP contribution in [0.25, 0.3) is 11.0 Å². The highest BCUT2D eigenvalue weighted by atomic mass is 32.2. The maximum absolute atomic E-state index is 14.4. The molecule has 13 heteroatoms. The van der Waals surface area contributed by atoms with Gasteiger partial charge in [0.05, 0.1) is 58.0 Å². The average Bonchev–Trinajstić information content (AvgIpc) is 3.54. The van der Waals surface area contributed by atoms with Gasteiger partial charge < -0.3 is 19.4 Å². The number of imidazole rings is 1. The van der Waals surface area contributed by atoms with E-state index in [9.17, 15) is 17.6 Å². The Balaban J connectivity index is 1.14. The van der Waals surface area contributed by atoms with E-state index < -0.39 is 26.4 Å². The van der Waals surface area contributed by atoms with E-state index in [1.807, 2.05) is 48.7 Å². The van der Waals surface area contributed by atoms with Crippen LogP contribution >= 0.6 is 0 Å². The number of benzene rings is 2. The summed E-state index contributed by atoms with van der Waals surface area (Å²) in [7, 11) is -3.16. The standard InChI is InChI=1S/C42H53FN6O5S/c1-6-41(4,28-54-42(5,7-2)8-3)47-40(50)31-14-15-36-37(23-31)49(25-33-18-21-55(33,51)52)38(45-36)26-48-19-16-30(17-20-48)35-10-9-11-39(46-35)53-27-32-13-12-29(24-44)22-34(32)43/h9-15,22-23,30,33H,6-8,16-21,25-28H2,1-5H3,(H,47,50). The van der Waals surface area contributed by atoms with Crippen molar-refractivity contribution < 1.29 is 27.1 Å². The number of rotatable bonds is 16. The number of carbonyl (C=O) groups excluding carboxylic acids is 1. The van der Waals surface area contributed by atoms with Crippen LogP contribution in [0, 0.1) is 17.1 Å². The van der Waals surface area contributed by atoms with Gasteiger partial charge in [-0.15, -0.1) is 0 Å². The molecular weight excluding hydrogens is 720 g/mol. The molecule has 2 aromatic heterocycles. The van der Waals surface area contributed by atoms with E-state index in [0.29, 0.717) is 49.5 Å². The lowest BCUT2D eigenvalue weighted by Gasteiger charge is -2.35. The van der Waals surface area contributed by atoms with Gasteiger partial charge >= 0.3 is 0 Å². The first-order valence-electron chi connectivity index (χ1n) is 19.5. The number of pyridine rings is 1. The summed E-state index contributed by atoms with van der Waals surface area (Å²) in [6.07, 6.45) is 4.77. The van der Waals surface area contributed by atoms with Gasteiger partial charge in [-0.1, -0.05) is 32.9 Å². The molecular formula is C42H53FN6O5S. The number of hydrogen-bond acceptors (Lipinski definition) is 9. The zero-order valence-electron chi connectivity index (χ0n) is 32.6. The van der Waals surface area contributed by atoms with Crippen molar-refractivity contribution in [2.75, 3.05) is 25.4 Å². The number of nitrogens with zero attached hydrogens (tertiary/aromatic N) is 5. The Labute approximate surface area is 324 Å². The maximum Gasteiger partial charge on any atom is 0.251 e. The lowest BCUT2D eigenvalue weighted by Crippen LogP contribution is -2.50. The maximum atomic E-state index is 14.4. The second-order valence-corrected chi connectivity index (χ2v) is 18.0. The Kier molecular flexibility index (Phi) is 12.3. The number of likely N-dealkylation sites (tertiary alicyclic amines) is 1. The number of sulfone groups is 1. The lowest BCUT2D eigenvalue weighted by molar-refractivity contribution is -0.0615. The summed E-state index contributed by atoms with van der Waals surface area (Å²) in [5.41, 5.74) is 2.68. The molecule has 0 saturated carbocycles. The number of hydrogen-bond donors (Lipinski definition) is 1. The fraction of sp³-hybridized carbons (Fsp3) is 0.524. The predicted molar refractivity (Wildman–Crippen MR) is 210 cm³/mol. The van der Waals surface area contributed by atoms with Crippen LogP contribution in [-0.4, -0.2) is 75.6 Å². The van der Waals surface area contributed by atoms with Crippen LogP contribution in [0.4, 0.5) is 4.39 Å². The highest BCUT2D eigenvalue weighted by Crippen LogP contribution is 2.31. The first kappa shape index (κ1) is 40.3. The van der Waals surface area contributed by atoms with Crippen molar-refractivity contribution in [3.63, 3.8) is 0 Å². The van der Waals surface area contributed by atoms with Crippen molar-refractivity contribution >= 4 is 26.8 Å². The smallest absolute Gasteiger partial charge is 0.251 e. The van der Waals surface area contributed by atoms with Crippen LogP contribution in [0.1, 0.15) is 112 Å². The molecule has 0 bridgehead atoms. The summed E-state index contributed by atoms with van der Waals surface area (Å²) >= 11 is 0. The monoisotopic (exact) mass is 772 g/mol. The lowest BCUT2D eigenvalue weighted by atomic mass is 9.93.